The predicted molar refractivity (Wildman–Crippen MR) is 119 cm³/mol. The highest BCUT2D eigenvalue weighted by molar-refractivity contribution is 7.91. The standard InChI is InChI=1S/C24H27ClO4S/c25-21-14-16-22(17-15-21)30(27,28)18-8-7-13-23(19-9-3-1-4-10-19)29-24(26)20-11-5-2-6-12-20/h2,5-8,11-12,14-17,19,23H,1,3-4,9-10,13,18H2/b8-7+. The normalized spacial score (nSPS) is 16.4. The summed E-state index contributed by atoms with van der Waals surface area (Å²) in [6.07, 6.45) is 9.29. The van der Waals surface area contributed by atoms with E-state index in [4.69, 9.17) is 16.3 Å². The van der Waals surface area contributed by atoms with Crippen molar-refractivity contribution in [3.8, 4) is 0 Å². The van der Waals surface area contributed by atoms with Crippen molar-refractivity contribution in [3.05, 3.63) is 77.3 Å². The Morgan fingerprint density at radius 3 is 2.33 bits per heavy atom. The SMILES string of the molecule is O=C(OC(C/C=C/CS(=O)(=O)c1ccc(Cl)cc1)C1CCCCC1)c1ccccc1. The van der Waals surface area contributed by atoms with E-state index < -0.39 is 9.84 Å². The van der Waals surface area contributed by atoms with E-state index in [0.717, 1.165) is 25.7 Å². The number of benzene rings is 2. The molecule has 3 rings (SSSR count). The van der Waals surface area contributed by atoms with E-state index in [0.29, 0.717) is 22.9 Å². The van der Waals surface area contributed by atoms with E-state index in [1.165, 1.54) is 18.6 Å². The van der Waals surface area contributed by atoms with Gasteiger partial charge in [-0.05, 0) is 55.2 Å². The number of carbonyl (C=O) groups is 1. The number of hydrogen-bond donors (Lipinski definition) is 0. The second kappa shape index (κ2) is 10.8. The van der Waals surface area contributed by atoms with Gasteiger partial charge in [-0.3, -0.25) is 0 Å². The van der Waals surface area contributed by atoms with Gasteiger partial charge in [-0.1, -0.05) is 61.2 Å². The van der Waals surface area contributed by atoms with Crippen LogP contribution in [0.4, 0.5) is 0 Å². The predicted octanol–water partition coefficient (Wildman–Crippen LogP) is 5.87. The molecule has 0 saturated heterocycles. The van der Waals surface area contributed by atoms with E-state index in [1.54, 1.807) is 30.3 Å². The molecule has 1 fully saturated rings. The van der Waals surface area contributed by atoms with E-state index in [2.05, 4.69) is 0 Å². The summed E-state index contributed by atoms with van der Waals surface area (Å²) in [5.41, 5.74) is 0.535. The lowest BCUT2D eigenvalue weighted by Gasteiger charge is -2.29. The lowest BCUT2D eigenvalue weighted by molar-refractivity contribution is 0.00877. The van der Waals surface area contributed by atoms with Crippen LogP contribution < -0.4 is 0 Å². The van der Waals surface area contributed by atoms with Gasteiger partial charge in [0.15, 0.2) is 9.84 Å². The molecule has 0 amide bonds. The molecule has 0 N–H and O–H groups in total. The summed E-state index contributed by atoms with van der Waals surface area (Å²) >= 11 is 5.83. The Labute approximate surface area is 183 Å². The molecule has 2 aromatic carbocycles. The van der Waals surface area contributed by atoms with Gasteiger partial charge in [-0.15, -0.1) is 0 Å². The molecule has 0 aromatic heterocycles. The molecule has 1 atom stereocenters. The number of esters is 1. The molecule has 0 heterocycles. The van der Waals surface area contributed by atoms with E-state index >= 15 is 0 Å². The number of hydrogen-bond acceptors (Lipinski definition) is 4. The van der Waals surface area contributed by atoms with Crippen LogP contribution >= 0.6 is 11.6 Å². The summed E-state index contributed by atoms with van der Waals surface area (Å²) in [6.45, 7) is 0. The third-order valence-electron chi connectivity index (χ3n) is 5.47. The third-order valence-corrected chi connectivity index (χ3v) is 7.34. The molecule has 1 aliphatic carbocycles. The van der Waals surface area contributed by atoms with Crippen LogP contribution in [-0.2, 0) is 14.6 Å². The summed E-state index contributed by atoms with van der Waals surface area (Å²) < 4.78 is 30.8. The maximum absolute atomic E-state index is 12.5. The summed E-state index contributed by atoms with van der Waals surface area (Å²) in [5, 5.41) is 0.500. The summed E-state index contributed by atoms with van der Waals surface area (Å²) in [4.78, 5) is 12.8. The lowest BCUT2D eigenvalue weighted by Crippen LogP contribution is -2.28. The molecular weight excluding hydrogens is 420 g/mol. The highest BCUT2D eigenvalue weighted by Crippen LogP contribution is 2.30. The van der Waals surface area contributed by atoms with Crippen molar-refractivity contribution in [2.45, 2.75) is 49.5 Å². The molecule has 0 bridgehead atoms. The Morgan fingerprint density at radius 2 is 1.67 bits per heavy atom. The topological polar surface area (TPSA) is 60.4 Å². The van der Waals surface area contributed by atoms with Gasteiger partial charge in [0.1, 0.15) is 6.10 Å². The minimum Gasteiger partial charge on any atom is -0.458 e. The molecular formula is C24H27ClO4S. The molecule has 1 unspecified atom stereocenters. The van der Waals surface area contributed by atoms with Gasteiger partial charge < -0.3 is 4.74 Å². The highest BCUT2D eigenvalue weighted by Gasteiger charge is 2.26. The van der Waals surface area contributed by atoms with Gasteiger partial charge in [0.25, 0.3) is 0 Å². The Hall–Kier alpha value is -2.11. The van der Waals surface area contributed by atoms with Crippen molar-refractivity contribution >= 4 is 27.4 Å². The fourth-order valence-corrected chi connectivity index (χ4v) is 5.04. The average molecular weight is 447 g/mol. The van der Waals surface area contributed by atoms with Crippen molar-refractivity contribution < 1.29 is 17.9 Å². The maximum atomic E-state index is 12.5. The second-order valence-electron chi connectivity index (χ2n) is 7.65. The fourth-order valence-electron chi connectivity index (χ4n) is 3.79. The van der Waals surface area contributed by atoms with Crippen molar-refractivity contribution in [1.29, 1.82) is 0 Å². The number of rotatable bonds is 8. The van der Waals surface area contributed by atoms with Crippen LogP contribution in [0.3, 0.4) is 0 Å². The van der Waals surface area contributed by atoms with Crippen LogP contribution in [0, 0.1) is 5.92 Å². The van der Waals surface area contributed by atoms with Crippen molar-refractivity contribution in [3.63, 3.8) is 0 Å². The highest BCUT2D eigenvalue weighted by atomic mass is 35.5. The van der Waals surface area contributed by atoms with E-state index in [1.807, 2.05) is 24.3 Å². The van der Waals surface area contributed by atoms with E-state index in [9.17, 15) is 13.2 Å². The lowest BCUT2D eigenvalue weighted by atomic mass is 9.84. The zero-order valence-corrected chi connectivity index (χ0v) is 18.4. The largest absolute Gasteiger partial charge is 0.458 e. The Kier molecular flexibility index (Phi) is 8.11. The van der Waals surface area contributed by atoms with Crippen molar-refractivity contribution in [2.24, 2.45) is 5.92 Å². The molecule has 1 saturated carbocycles. The third kappa shape index (κ3) is 6.44. The van der Waals surface area contributed by atoms with Gasteiger partial charge in [-0.2, -0.15) is 0 Å². The molecule has 160 valence electrons. The molecule has 0 radical (unpaired) electrons. The van der Waals surface area contributed by atoms with Crippen molar-refractivity contribution in [2.75, 3.05) is 5.75 Å². The number of sulfone groups is 1. The monoisotopic (exact) mass is 446 g/mol. The minimum atomic E-state index is -3.42. The first-order chi connectivity index (χ1) is 14.5. The Balaban J connectivity index is 1.63. The first kappa shape index (κ1) is 22.6. The minimum absolute atomic E-state index is 0.0986. The summed E-state index contributed by atoms with van der Waals surface area (Å²) in [5.74, 6) is -0.115. The van der Waals surface area contributed by atoms with Gasteiger partial charge in [0.2, 0.25) is 0 Å². The molecule has 4 nitrogen and oxygen atoms in total. The fraction of sp³-hybridized carbons (Fsp3) is 0.375. The molecule has 0 spiro atoms. The average Bonchev–Trinajstić information content (AvgIpc) is 2.77. The summed E-state index contributed by atoms with van der Waals surface area (Å²) in [6, 6.07) is 15.1. The molecule has 0 aliphatic heterocycles. The molecule has 2 aromatic rings. The van der Waals surface area contributed by atoms with Crippen LogP contribution in [0.2, 0.25) is 5.02 Å². The van der Waals surface area contributed by atoms with Crippen LogP contribution in [0.1, 0.15) is 48.9 Å². The molecule has 1 aliphatic rings. The smallest absolute Gasteiger partial charge is 0.338 e. The second-order valence-corrected chi connectivity index (χ2v) is 10.1. The number of ether oxygens (including phenoxy) is 1. The van der Waals surface area contributed by atoms with Crippen molar-refractivity contribution in [1.82, 2.24) is 0 Å². The van der Waals surface area contributed by atoms with Crippen LogP contribution in [-0.4, -0.2) is 26.2 Å². The van der Waals surface area contributed by atoms with Gasteiger partial charge in [-0.25, -0.2) is 13.2 Å². The van der Waals surface area contributed by atoms with Crippen LogP contribution in [0.25, 0.3) is 0 Å². The quantitative estimate of drug-likeness (QED) is 0.376. The zero-order chi connectivity index (χ0) is 21.4. The van der Waals surface area contributed by atoms with Gasteiger partial charge in [0, 0.05) is 11.4 Å². The van der Waals surface area contributed by atoms with E-state index in [-0.39, 0.29) is 22.7 Å². The van der Waals surface area contributed by atoms with Crippen LogP contribution in [0.15, 0.2) is 71.6 Å². The van der Waals surface area contributed by atoms with Gasteiger partial charge in [0.05, 0.1) is 16.2 Å². The number of carbonyl (C=O) groups excluding carboxylic acids is 1. The first-order valence-electron chi connectivity index (χ1n) is 10.3. The Bertz CT molecular complexity index is 946. The summed E-state index contributed by atoms with van der Waals surface area (Å²) in [7, 11) is -3.42. The molecule has 30 heavy (non-hydrogen) atoms. The zero-order valence-electron chi connectivity index (χ0n) is 16.9. The number of halogens is 1. The van der Waals surface area contributed by atoms with Gasteiger partial charge >= 0.3 is 5.97 Å². The Morgan fingerprint density at radius 1 is 1.00 bits per heavy atom. The maximum Gasteiger partial charge on any atom is 0.338 e. The first-order valence-corrected chi connectivity index (χ1v) is 12.4. The molecule has 6 heteroatoms. The van der Waals surface area contributed by atoms with Crippen LogP contribution in [0.5, 0.6) is 0 Å².